The number of hydrogen-bond donors (Lipinski definition) is 2. The summed E-state index contributed by atoms with van der Waals surface area (Å²) in [5, 5.41) is 5.99. The summed E-state index contributed by atoms with van der Waals surface area (Å²) in [6.07, 6.45) is 0.389. The van der Waals surface area contributed by atoms with Crippen LogP contribution < -0.4 is 15.4 Å². The zero-order valence-electron chi connectivity index (χ0n) is 12.0. The van der Waals surface area contributed by atoms with Crippen LogP contribution in [0.25, 0.3) is 0 Å². The molecular formula is C15H24N2O2. The maximum Gasteiger partial charge on any atom is 0.223 e. The smallest absolute Gasteiger partial charge is 0.223 e. The van der Waals surface area contributed by atoms with E-state index in [4.69, 9.17) is 4.74 Å². The molecule has 1 aromatic carbocycles. The van der Waals surface area contributed by atoms with Gasteiger partial charge in [-0.25, -0.2) is 0 Å². The van der Waals surface area contributed by atoms with Crippen molar-refractivity contribution in [2.24, 2.45) is 5.92 Å². The highest BCUT2D eigenvalue weighted by Gasteiger charge is 2.05. The van der Waals surface area contributed by atoms with E-state index in [-0.39, 0.29) is 5.91 Å². The summed E-state index contributed by atoms with van der Waals surface area (Å²) in [5.41, 5.74) is 1.16. The molecular weight excluding hydrogens is 240 g/mol. The summed E-state index contributed by atoms with van der Waals surface area (Å²) < 4.78 is 5.54. The number of nitrogens with one attached hydrogen (secondary N) is 2. The van der Waals surface area contributed by atoms with E-state index in [1.54, 1.807) is 0 Å². The van der Waals surface area contributed by atoms with Crippen molar-refractivity contribution in [3.63, 3.8) is 0 Å². The lowest BCUT2D eigenvalue weighted by molar-refractivity contribution is -0.121. The first kappa shape index (κ1) is 15.5. The van der Waals surface area contributed by atoms with Crippen molar-refractivity contribution in [2.75, 3.05) is 26.7 Å². The van der Waals surface area contributed by atoms with Crippen LogP contribution in [0, 0.1) is 12.8 Å². The van der Waals surface area contributed by atoms with E-state index >= 15 is 0 Å². The molecule has 0 radical (unpaired) electrons. The normalized spacial score (nSPS) is 11.9. The van der Waals surface area contributed by atoms with Crippen LogP contribution in [0.3, 0.4) is 0 Å². The van der Waals surface area contributed by atoms with Crippen LogP contribution in [-0.4, -0.2) is 32.7 Å². The summed E-state index contributed by atoms with van der Waals surface area (Å²) in [7, 11) is 1.91. The van der Waals surface area contributed by atoms with E-state index in [2.05, 4.69) is 17.6 Å². The average Bonchev–Trinajstić information content (AvgIpc) is 2.37. The van der Waals surface area contributed by atoms with Crippen molar-refractivity contribution in [2.45, 2.75) is 20.3 Å². The summed E-state index contributed by atoms with van der Waals surface area (Å²) in [6, 6.07) is 7.83. The Morgan fingerprint density at radius 3 is 2.84 bits per heavy atom. The first-order valence-corrected chi connectivity index (χ1v) is 6.72. The predicted octanol–water partition coefficient (Wildman–Crippen LogP) is 1.74. The molecule has 4 heteroatoms. The van der Waals surface area contributed by atoms with Crippen molar-refractivity contribution < 1.29 is 9.53 Å². The van der Waals surface area contributed by atoms with Crippen LogP contribution in [-0.2, 0) is 4.79 Å². The molecule has 0 aliphatic rings. The molecule has 4 nitrogen and oxygen atoms in total. The van der Waals surface area contributed by atoms with E-state index < -0.39 is 0 Å². The van der Waals surface area contributed by atoms with Gasteiger partial charge in [0.15, 0.2) is 0 Å². The number of hydrogen-bond acceptors (Lipinski definition) is 3. The molecule has 0 bridgehead atoms. The second-order valence-electron chi connectivity index (χ2n) is 4.88. The number of benzene rings is 1. The summed E-state index contributed by atoms with van der Waals surface area (Å²) in [5.74, 6) is 1.29. The average molecular weight is 264 g/mol. The van der Waals surface area contributed by atoms with Crippen LogP contribution in [0.2, 0.25) is 0 Å². The summed E-state index contributed by atoms with van der Waals surface area (Å²) in [6.45, 7) is 6.13. The van der Waals surface area contributed by atoms with Crippen molar-refractivity contribution >= 4 is 5.91 Å². The van der Waals surface area contributed by atoms with Crippen LogP contribution in [0.5, 0.6) is 5.75 Å². The fourth-order valence-electron chi connectivity index (χ4n) is 1.76. The highest BCUT2D eigenvalue weighted by atomic mass is 16.5. The second-order valence-corrected chi connectivity index (χ2v) is 4.88. The Balaban J connectivity index is 2.17. The quantitative estimate of drug-likeness (QED) is 0.752. The lowest BCUT2D eigenvalue weighted by atomic mass is 10.2. The largest absolute Gasteiger partial charge is 0.493 e. The fourth-order valence-corrected chi connectivity index (χ4v) is 1.76. The molecule has 2 N–H and O–H groups in total. The molecule has 19 heavy (non-hydrogen) atoms. The Labute approximate surface area is 115 Å². The fraction of sp³-hybridized carbons (Fsp3) is 0.533. The highest BCUT2D eigenvalue weighted by Crippen LogP contribution is 2.12. The Bertz CT molecular complexity index is 393. The molecule has 106 valence electrons. The molecule has 1 atom stereocenters. The van der Waals surface area contributed by atoms with E-state index in [0.29, 0.717) is 25.5 Å². The Kier molecular flexibility index (Phi) is 6.97. The molecule has 0 saturated heterocycles. The van der Waals surface area contributed by atoms with E-state index in [1.165, 1.54) is 0 Å². The van der Waals surface area contributed by atoms with Gasteiger partial charge in [0.25, 0.3) is 0 Å². The zero-order chi connectivity index (χ0) is 14.1. The van der Waals surface area contributed by atoms with Gasteiger partial charge in [0.05, 0.1) is 13.0 Å². The second kappa shape index (κ2) is 8.53. The Morgan fingerprint density at radius 2 is 2.16 bits per heavy atom. The van der Waals surface area contributed by atoms with Gasteiger partial charge < -0.3 is 15.4 Å². The van der Waals surface area contributed by atoms with Crippen LogP contribution in [0.4, 0.5) is 0 Å². The Morgan fingerprint density at radius 1 is 1.37 bits per heavy atom. The molecule has 1 amide bonds. The zero-order valence-corrected chi connectivity index (χ0v) is 12.0. The molecule has 0 spiro atoms. The number of rotatable bonds is 8. The third-order valence-corrected chi connectivity index (χ3v) is 2.79. The van der Waals surface area contributed by atoms with Gasteiger partial charge in [-0.05, 0) is 44.1 Å². The van der Waals surface area contributed by atoms with Crippen LogP contribution in [0.1, 0.15) is 18.9 Å². The van der Waals surface area contributed by atoms with Crippen LogP contribution >= 0.6 is 0 Å². The van der Waals surface area contributed by atoms with Gasteiger partial charge in [0, 0.05) is 6.54 Å². The third-order valence-electron chi connectivity index (χ3n) is 2.79. The topological polar surface area (TPSA) is 50.4 Å². The molecule has 0 saturated carbocycles. The van der Waals surface area contributed by atoms with E-state index in [1.807, 2.05) is 38.2 Å². The maximum atomic E-state index is 11.6. The van der Waals surface area contributed by atoms with Gasteiger partial charge in [-0.15, -0.1) is 0 Å². The Hall–Kier alpha value is -1.55. The van der Waals surface area contributed by atoms with Crippen molar-refractivity contribution in [3.8, 4) is 5.75 Å². The van der Waals surface area contributed by atoms with Gasteiger partial charge in [0.1, 0.15) is 5.75 Å². The van der Waals surface area contributed by atoms with Crippen LogP contribution in [0.15, 0.2) is 24.3 Å². The predicted molar refractivity (Wildman–Crippen MR) is 77.4 cm³/mol. The number of carbonyl (C=O) groups is 1. The van der Waals surface area contributed by atoms with Gasteiger partial charge in [-0.1, -0.05) is 19.1 Å². The monoisotopic (exact) mass is 264 g/mol. The molecule has 0 fully saturated rings. The number of ether oxygens (including phenoxy) is 1. The molecule has 0 aromatic heterocycles. The number of amides is 1. The van der Waals surface area contributed by atoms with E-state index in [0.717, 1.165) is 17.9 Å². The van der Waals surface area contributed by atoms with Gasteiger partial charge in [-0.3, -0.25) is 4.79 Å². The first-order valence-electron chi connectivity index (χ1n) is 6.72. The minimum atomic E-state index is 0.0376. The molecule has 1 aromatic rings. The van der Waals surface area contributed by atoms with E-state index in [9.17, 15) is 4.79 Å². The molecule has 1 unspecified atom stereocenters. The number of carbonyl (C=O) groups excluding carboxylic acids is 1. The first-order chi connectivity index (χ1) is 9.11. The van der Waals surface area contributed by atoms with Crippen molar-refractivity contribution in [1.29, 1.82) is 0 Å². The minimum absolute atomic E-state index is 0.0376. The SMILES string of the molecule is CNCC(C)CNC(=O)CCOc1cccc(C)c1. The van der Waals surface area contributed by atoms with Gasteiger partial charge >= 0.3 is 0 Å². The van der Waals surface area contributed by atoms with Crippen molar-refractivity contribution in [1.82, 2.24) is 10.6 Å². The molecule has 0 heterocycles. The van der Waals surface area contributed by atoms with Gasteiger partial charge in [0.2, 0.25) is 5.91 Å². The molecule has 0 aliphatic heterocycles. The molecule has 1 rings (SSSR count). The lowest BCUT2D eigenvalue weighted by Crippen LogP contribution is -2.32. The van der Waals surface area contributed by atoms with Crippen molar-refractivity contribution in [3.05, 3.63) is 29.8 Å². The van der Waals surface area contributed by atoms with Gasteiger partial charge in [-0.2, -0.15) is 0 Å². The summed E-state index contributed by atoms with van der Waals surface area (Å²) in [4.78, 5) is 11.6. The highest BCUT2D eigenvalue weighted by molar-refractivity contribution is 5.75. The standard InChI is InChI=1S/C15H24N2O2/c1-12-5-4-6-14(9-12)19-8-7-15(18)17-11-13(2)10-16-3/h4-6,9,13,16H,7-8,10-11H2,1-3H3,(H,17,18). The maximum absolute atomic E-state index is 11.6. The lowest BCUT2D eigenvalue weighted by Gasteiger charge is -2.12. The summed E-state index contributed by atoms with van der Waals surface area (Å²) >= 11 is 0. The third kappa shape index (κ3) is 6.82. The minimum Gasteiger partial charge on any atom is -0.493 e. The number of aryl methyl sites for hydroxylation is 1. The molecule has 0 aliphatic carbocycles.